The number of imidazole rings is 1. The number of aryl methyl sites for hydroxylation is 3. The largest absolute Gasteiger partial charge is 0.339 e. The van der Waals surface area contributed by atoms with Crippen LogP contribution in [0.2, 0.25) is 0 Å². The minimum absolute atomic E-state index is 0.257. The zero-order valence-corrected chi connectivity index (χ0v) is 14.3. The number of Topliss-reactive ketones (excluding diaryl/α,β-unsaturated/α-hetero) is 2. The van der Waals surface area contributed by atoms with Gasteiger partial charge in [-0.2, -0.15) is 0 Å². The third-order valence-corrected chi connectivity index (χ3v) is 4.72. The molecule has 3 aromatic rings. The van der Waals surface area contributed by atoms with Crippen LogP contribution in [0.15, 0.2) is 42.5 Å². The van der Waals surface area contributed by atoms with Crippen molar-refractivity contribution in [3.63, 3.8) is 0 Å². The number of rotatable bonds is 4. The maximum Gasteiger partial charge on any atom is 0.251 e. The van der Waals surface area contributed by atoms with Crippen LogP contribution >= 0.6 is 0 Å². The van der Waals surface area contributed by atoms with Crippen LogP contribution in [0.1, 0.15) is 44.7 Å². The number of benzene rings is 2. The van der Waals surface area contributed by atoms with Gasteiger partial charge in [0.1, 0.15) is 23.0 Å². The first-order valence-corrected chi connectivity index (χ1v) is 8.62. The van der Waals surface area contributed by atoms with Gasteiger partial charge in [-0.1, -0.05) is 31.2 Å². The van der Waals surface area contributed by atoms with E-state index in [2.05, 4.69) is 9.97 Å². The number of halogens is 1. The summed E-state index contributed by atoms with van der Waals surface area (Å²) in [6, 6.07) is 12.0. The average molecular weight is 348 g/mol. The number of H-pyrrole nitrogens is 1. The molecule has 0 amide bonds. The van der Waals surface area contributed by atoms with Gasteiger partial charge in [-0.15, -0.1) is 0 Å². The first kappa shape index (κ1) is 16.4. The number of carbonyl (C=O) groups excluding carboxylic acids is 2. The Hall–Kier alpha value is -3.08. The van der Waals surface area contributed by atoms with Gasteiger partial charge < -0.3 is 4.98 Å². The number of hydrogen-bond donors (Lipinski definition) is 1. The Balaban J connectivity index is 1.65. The number of fused-ring (bicyclic) bond motifs is 3. The standard InChI is InChI=1S/C21H17FN2O2/c1-2-17-23-18-15-10-7-13(4-3-12-5-8-14(22)9-6-12)11-16(15)20(25)21(26)19(18)24-17/h5-11H,2-4H2,1H3,(H,23,24). The number of hydrogen-bond acceptors (Lipinski definition) is 3. The van der Waals surface area contributed by atoms with Crippen LogP contribution in [0, 0.1) is 5.82 Å². The zero-order valence-electron chi connectivity index (χ0n) is 14.3. The van der Waals surface area contributed by atoms with Gasteiger partial charge >= 0.3 is 0 Å². The minimum atomic E-state index is -0.532. The van der Waals surface area contributed by atoms with Crippen molar-refractivity contribution in [1.29, 1.82) is 0 Å². The van der Waals surface area contributed by atoms with Crippen molar-refractivity contribution in [3.8, 4) is 11.3 Å². The minimum Gasteiger partial charge on any atom is -0.339 e. The van der Waals surface area contributed by atoms with Crippen LogP contribution in [0.4, 0.5) is 4.39 Å². The molecule has 4 nitrogen and oxygen atoms in total. The molecule has 1 heterocycles. The van der Waals surface area contributed by atoms with Crippen molar-refractivity contribution in [2.75, 3.05) is 0 Å². The van der Waals surface area contributed by atoms with Gasteiger partial charge in [0.05, 0.1) is 0 Å². The van der Waals surface area contributed by atoms with Gasteiger partial charge in [0, 0.05) is 17.5 Å². The summed E-state index contributed by atoms with van der Waals surface area (Å²) in [7, 11) is 0. The third kappa shape index (κ3) is 2.75. The van der Waals surface area contributed by atoms with Crippen molar-refractivity contribution < 1.29 is 14.0 Å². The number of nitrogens with one attached hydrogen (secondary N) is 1. The van der Waals surface area contributed by atoms with Crippen LogP contribution in [0.25, 0.3) is 11.3 Å². The van der Waals surface area contributed by atoms with Gasteiger partial charge in [-0.3, -0.25) is 9.59 Å². The monoisotopic (exact) mass is 348 g/mol. The Kier molecular flexibility index (Phi) is 3.99. The summed E-state index contributed by atoms with van der Waals surface area (Å²) in [6.45, 7) is 1.94. The van der Waals surface area contributed by atoms with E-state index in [9.17, 15) is 14.0 Å². The van der Waals surface area contributed by atoms with Crippen LogP contribution in [-0.4, -0.2) is 21.5 Å². The molecule has 1 aliphatic rings. The van der Waals surface area contributed by atoms with E-state index >= 15 is 0 Å². The van der Waals surface area contributed by atoms with E-state index in [1.807, 2.05) is 19.1 Å². The summed E-state index contributed by atoms with van der Waals surface area (Å²) in [4.78, 5) is 32.3. The number of aromatic amines is 1. The van der Waals surface area contributed by atoms with Crippen LogP contribution in [-0.2, 0) is 19.3 Å². The fourth-order valence-electron chi connectivity index (χ4n) is 3.27. The van der Waals surface area contributed by atoms with E-state index in [0.29, 0.717) is 41.2 Å². The van der Waals surface area contributed by atoms with E-state index in [1.54, 1.807) is 18.2 Å². The first-order chi connectivity index (χ1) is 12.6. The summed E-state index contributed by atoms with van der Waals surface area (Å²) in [5.74, 6) is -0.588. The molecule has 0 atom stereocenters. The van der Waals surface area contributed by atoms with E-state index in [-0.39, 0.29) is 5.82 Å². The molecule has 0 radical (unpaired) electrons. The topological polar surface area (TPSA) is 62.8 Å². The Morgan fingerprint density at radius 3 is 2.35 bits per heavy atom. The van der Waals surface area contributed by atoms with E-state index in [4.69, 9.17) is 0 Å². The van der Waals surface area contributed by atoms with Crippen LogP contribution < -0.4 is 0 Å². The number of nitrogens with zero attached hydrogens (tertiary/aromatic N) is 1. The van der Waals surface area contributed by atoms with Crippen LogP contribution in [0.3, 0.4) is 0 Å². The van der Waals surface area contributed by atoms with Gasteiger partial charge in [0.2, 0.25) is 5.78 Å². The molecule has 0 bridgehead atoms. The van der Waals surface area contributed by atoms with Crippen LogP contribution in [0.5, 0.6) is 0 Å². The van der Waals surface area contributed by atoms with E-state index in [1.165, 1.54) is 12.1 Å². The fraction of sp³-hybridized carbons (Fsp3) is 0.190. The molecular formula is C21H17FN2O2. The first-order valence-electron chi connectivity index (χ1n) is 8.62. The molecule has 1 N–H and O–H groups in total. The highest BCUT2D eigenvalue weighted by molar-refractivity contribution is 6.52. The summed E-state index contributed by atoms with van der Waals surface area (Å²) in [6.07, 6.45) is 2.10. The number of carbonyl (C=O) groups is 2. The highest BCUT2D eigenvalue weighted by Gasteiger charge is 2.33. The molecular weight excluding hydrogens is 331 g/mol. The molecule has 4 rings (SSSR count). The zero-order chi connectivity index (χ0) is 18.3. The molecule has 26 heavy (non-hydrogen) atoms. The molecule has 0 unspecified atom stereocenters. The van der Waals surface area contributed by atoms with Gasteiger partial charge in [0.15, 0.2) is 0 Å². The molecule has 0 saturated heterocycles. The molecule has 130 valence electrons. The lowest BCUT2D eigenvalue weighted by atomic mass is 9.88. The second-order valence-corrected chi connectivity index (χ2v) is 6.43. The SMILES string of the molecule is CCc1nc2c([nH]1)C(=O)C(=O)c1cc(CCc3ccc(F)cc3)ccc1-2. The predicted molar refractivity (Wildman–Crippen MR) is 95.9 cm³/mol. The molecule has 1 aliphatic carbocycles. The summed E-state index contributed by atoms with van der Waals surface area (Å²) in [5, 5.41) is 0. The highest BCUT2D eigenvalue weighted by Crippen LogP contribution is 2.32. The second kappa shape index (κ2) is 6.33. The van der Waals surface area contributed by atoms with Gasteiger partial charge in [-0.25, -0.2) is 9.37 Å². The summed E-state index contributed by atoms with van der Waals surface area (Å²) < 4.78 is 13.0. The average Bonchev–Trinajstić information content (AvgIpc) is 3.10. The Bertz CT molecular complexity index is 1020. The van der Waals surface area contributed by atoms with Gasteiger partial charge in [-0.05, 0) is 42.2 Å². The maximum absolute atomic E-state index is 13.0. The van der Waals surface area contributed by atoms with Crippen molar-refractivity contribution in [2.24, 2.45) is 0 Å². The van der Waals surface area contributed by atoms with Crippen molar-refractivity contribution in [1.82, 2.24) is 9.97 Å². The molecule has 0 aliphatic heterocycles. The normalized spacial score (nSPS) is 12.8. The number of aromatic nitrogens is 2. The van der Waals surface area contributed by atoms with E-state index < -0.39 is 11.6 Å². The molecule has 0 saturated carbocycles. The third-order valence-electron chi connectivity index (χ3n) is 4.72. The lowest BCUT2D eigenvalue weighted by Gasteiger charge is -2.14. The molecule has 5 heteroatoms. The lowest BCUT2D eigenvalue weighted by Crippen LogP contribution is -2.21. The Morgan fingerprint density at radius 1 is 0.923 bits per heavy atom. The van der Waals surface area contributed by atoms with Crippen molar-refractivity contribution >= 4 is 11.6 Å². The lowest BCUT2D eigenvalue weighted by molar-refractivity contribution is 0.0812. The van der Waals surface area contributed by atoms with Gasteiger partial charge in [0.25, 0.3) is 5.78 Å². The Labute approximate surface area is 150 Å². The summed E-state index contributed by atoms with van der Waals surface area (Å²) >= 11 is 0. The smallest absolute Gasteiger partial charge is 0.251 e. The van der Waals surface area contributed by atoms with Crippen molar-refractivity contribution in [3.05, 3.63) is 76.5 Å². The number of ketones is 2. The predicted octanol–water partition coefficient (Wildman–Crippen LogP) is 3.94. The molecule has 2 aromatic carbocycles. The summed E-state index contributed by atoms with van der Waals surface area (Å²) in [5.41, 5.74) is 3.95. The quantitative estimate of drug-likeness (QED) is 0.726. The Morgan fingerprint density at radius 2 is 1.62 bits per heavy atom. The molecule has 0 spiro atoms. The maximum atomic E-state index is 13.0. The van der Waals surface area contributed by atoms with E-state index in [0.717, 1.165) is 17.5 Å². The molecule has 0 fully saturated rings. The highest BCUT2D eigenvalue weighted by atomic mass is 19.1. The fourth-order valence-corrected chi connectivity index (χ4v) is 3.27. The second-order valence-electron chi connectivity index (χ2n) is 6.43. The van der Waals surface area contributed by atoms with Crippen molar-refractivity contribution in [2.45, 2.75) is 26.2 Å². The molecule has 1 aromatic heterocycles.